The molecule has 9 nitrogen and oxygen atoms in total. The standard InChI is InChI=1S/C23H31N3O6/c27-17(28)12-24-19(29)18-20(30)25(16-4-2-1-3-5-16)22(32)26(21(18)31)23-9-13-6-14(10-23)8-15(7-13)11-23/h13-16,31H,1-12H2,(H,24,29)(H,27,28)/t13-,14+,15-,23-. The van der Waals surface area contributed by atoms with Crippen molar-refractivity contribution in [3.63, 3.8) is 0 Å². The highest BCUT2D eigenvalue weighted by molar-refractivity contribution is 5.97. The number of aliphatic carboxylic acids is 1. The fourth-order valence-electron chi connectivity index (χ4n) is 7.48. The van der Waals surface area contributed by atoms with Crippen LogP contribution in [0.3, 0.4) is 0 Å². The van der Waals surface area contributed by atoms with Gasteiger partial charge in [-0.25, -0.2) is 4.79 Å². The molecule has 174 valence electrons. The van der Waals surface area contributed by atoms with Crippen LogP contribution >= 0.6 is 0 Å². The third-order valence-corrected chi connectivity index (χ3v) is 8.31. The molecule has 0 aliphatic heterocycles. The minimum atomic E-state index is -1.25. The van der Waals surface area contributed by atoms with Crippen LogP contribution in [0, 0.1) is 17.8 Å². The topological polar surface area (TPSA) is 131 Å². The Morgan fingerprint density at radius 2 is 1.53 bits per heavy atom. The van der Waals surface area contributed by atoms with Gasteiger partial charge in [0.1, 0.15) is 6.54 Å². The number of aromatic hydroxyl groups is 1. The molecule has 0 unspecified atom stereocenters. The van der Waals surface area contributed by atoms with Crippen LogP contribution < -0.4 is 16.6 Å². The highest BCUT2D eigenvalue weighted by Crippen LogP contribution is 2.59. The summed E-state index contributed by atoms with van der Waals surface area (Å²) in [5, 5.41) is 22.4. The van der Waals surface area contributed by atoms with Crippen LogP contribution in [-0.2, 0) is 10.3 Å². The van der Waals surface area contributed by atoms with Gasteiger partial charge in [0.05, 0.1) is 5.54 Å². The fourth-order valence-corrected chi connectivity index (χ4v) is 7.48. The Labute approximate surface area is 185 Å². The lowest BCUT2D eigenvalue weighted by Gasteiger charge is -2.57. The first-order valence-electron chi connectivity index (χ1n) is 11.9. The van der Waals surface area contributed by atoms with E-state index >= 15 is 0 Å². The van der Waals surface area contributed by atoms with Crippen LogP contribution in [0.1, 0.15) is 87.0 Å². The summed E-state index contributed by atoms with van der Waals surface area (Å²) in [5.41, 5.74) is -2.42. The van der Waals surface area contributed by atoms with Crippen molar-refractivity contribution in [2.75, 3.05) is 6.54 Å². The zero-order valence-electron chi connectivity index (χ0n) is 18.2. The van der Waals surface area contributed by atoms with Crippen molar-refractivity contribution >= 4 is 11.9 Å². The summed E-state index contributed by atoms with van der Waals surface area (Å²) >= 11 is 0. The summed E-state index contributed by atoms with van der Waals surface area (Å²) in [6.45, 7) is -0.669. The number of rotatable bonds is 5. The molecule has 5 saturated carbocycles. The number of nitrogens with one attached hydrogen (secondary N) is 1. The summed E-state index contributed by atoms with van der Waals surface area (Å²) < 4.78 is 2.55. The molecule has 32 heavy (non-hydrogen) atoms. The lowest BCUT2D eigenvalue weighted by atomic mass is 9.53. The number of carbonyl (C=O) groups excluding carboxylic acids is 1. The van der Waals surface area contributed by atoms with Crippen LogP contribution in [0.5, 0.6) is 5.88 Å². The van der Waals surface area contributed by atoms with Crippen LogP contribution in [0.15, 0.2) is 9.59 Å². The van der Waals surface area contributed by atoms with E-state index in [-0.39, 0.29) is 6.04 Å². The molecule has 0 aromatic carbocycles. The molecule has 3 N–H and O–H groups in total. The third kappa shape index (κ3) is 3.36. The minimum absolute atomic E-state index is 0.310. The van der Waals surface area contributed by atoms with Crippen LogP contribution in [0.25, 0.3) is 0 Å². The molecular formula is C23H31N3O6. The van der Waals surface area contributed by atoms with Gasteiger partial charge in [0.2, 0.25) is 5.88 Å². The lowest BCUT2D eigenvalue weighted by Crippen LogP contribution is -2.58. The van der Waals surface area contributed by atoms with Crippen LogP contribution in [0.2, 0.25) is 0 Å². The van der Waals surface area contributed by atoms with E-state index in [1.807, 2.05) is 0 Å². The molecule has 5 aliphatic carbocycles. The van der Waals surface area contributed by atoms with Gasteiger partial charge in [0.15, 0.2) is 5.56 Å². The summed E-state index contributed by atoms with van der Waals surface area (Å²) in [6.07, 6.45) is 9.93. The molecule has 9 heteroatoms. The fraction of sp³-hybridized carbons (Fsp3) is 0.739. The number of carbonyl (C=O) groups is 2. The highest BCUT2D eigenvalue weighted by Gasteiger charge is 2.54. The summed E-state index contributed by atoms with van der Waals surface area (Å²) in [5.74, 6) is -1.32. The Hall–Kier alpha value is -2.58. The number of aromatic nitrogens is 2. The van der Waals surface area contributed by atoms with E-state index in [0.717, 1.165) is 57.8 Å². The predicted octanol–water partition coefficient (Wildman–Crippen LogP) is 1.96. The number of amides is 1. The highest BCUT2D eigenvalue weighted by atomic mass is 16.4. The number of carboxylic acids is 1. The largest absolute Gasteiger partial charge is 0.494 e. The van der Waals surface area contributed by atoms with Gasteiger partial charge in [0.25, 0.3) is 11.5 Å². The monoisotopic (exact) mass is 445 g/mol. The smallest absolute Gasteiger partial charge is 0.334 e. The number of hydrogen-bond acceptors (Lipinski definition) is 5. The Balaban J connectivity index is 1.68. The van der Waals surface area contributed by atoms with E-state index in [1.54, 1.807) is 0 Å². The molecule has 0 atom stereocenters. The number of hydrogen-bond donors (Lipinski definition) is 3. The van der Waals surface area contributed by atoms with Crippen LogP contribution in [0.4, 0.5) is 0 Å². The van der Waals surface area contributed by atoms with E-state index in [0.29, 0.717) is 30.6 Å². The van der Waals surface area contributed by atoms with E-state index in [2.05, 4.69) is 5.32 Å². The summed E-state index contributed by atoms with van der Waals surface area (Å²) in [4.78, 5) is 51.0. The van der Waals surface area contributed by atoms with E-state index in [1.165, 1.54) is 9.13 Å². The van der Waals surface area contributed by atoms with Gasteiger partial charge in [-0.3, -0.25) is 23.5 Å². The van der Waals surface area contributed by atoms with Gasteiger partial charge in [-0.15, -0.1) is 0 Å². The zero-order valence-corrected chi connectivity index (χ0v) is 18.2. The van der Waals surface area contributed by atoms with Gasteiger partial charge < -0.3 is 15.5 Å². The SMILES string of the molecule is O=C(O)CNC(=O)c1c(O)n([C@]23C[C@H]4C[C@H](C[C@H](C4)C2)C3)c(=O)n(C2CCCCC2)c1=O. The third-order valence-electron chi connectivity index (χ3n) is 8.31. The molecule has 1 aromatic rings. The molecule has 1 aromatic heterocycles. The van der Waals surface area contributed by atoms with E-state index in [9.17, 15) is 24.3 Å². The normalized spacial score (nSPS) is 31.6. The average Bonchev–Trinajstić information content (AvgIpc) is 2.71. The second-order valence-corrected chi connectivity index (χ2v) is 10.5. The van der Waals surface area contributed by atoms with Gasteiger partial charge in [0, 0.05) is 6.04 Å². The Bertz CT molecular complexity index is 1030. The van der Waals surface area contributed by atoms with Gasteiger partial charge in [-0.2, -0.15) is 0 Å². The van der Waals surface area contributed by atoms with Crippen molar-refractivity contribution < 1.29 is 19.8 Å². The zero-order chi connectivity index (χ0) is 22.6. The molecule has 5 aliphatic rings. The van der Waals surface area contributed by atoms with Gasteiger partial charge in [-0.1, -0.05) is 19.3 Å². The van der Waals surface area contributed by atoms with E-state index < -0.39 is 46.7 Å². The van der Waals surface area contributed by atoms with Crippen molar-refractivity contribution in [3.05, 3.63) is 26.4 Å². The van der Waals surface area contributed by atoms with Gasteiger partial charge >= 0.3 is 11.7 Å². The quantitative estimate of drug-likeness (QED) is 0.635. The molecule has 6 rings (SSSR count). The maximum atomic E-state index is 13.8. The maximum Gasteiger partial charge on any atom is 0.334 e. The van der Waals surface area contributed by atoms with Crippen LogP contribution in [-0.4, -0.2) is 37.8 Å². The second-order valence-electron chi connectivity index (χ2n) is 10.5. The molecule has 0 radical (unpaired) electrons. The predicted molar refractivity (Wildman–Crippen MR) is 115 cm³/mol. The minimum Gasteiger partial charge on any atom is -0.494 e. The van der Waals surface area contributed by atoms with Crippen molar-refractivity contribution in [1.82, 2.24) is 14.5 Å². The Morgan fingerprint density at radius 3 is 2.06 bits per heavy atom. The molecule has 1 heterocycles. The molecule has 0 saturated heterocycles. The average molecular weight is 446 g/mol. The second kappa shape index (κ2) is 7.78. The molecule has 4 bridgehead atoms. The summed E-state index contributed by atoms with van der Waals surface area (Å²) in [7, 11) is 0. The summed E-state index contributed by atoms with van der Waals surface area (Å²) in [6, 6.07) is -0.310. The van der Waals surface area contributed by atoms with Crippen molar-refractivity contribution in [2.24, 2.45) is 17.8 Å². The number of carboxylic acid groups (broad SMARTS) is 1. The molecule has 5 fully saturated rings. The molecular weight excluding hydrogens is 414 g/mol. The molecule has 1 amide bonds. The number of nitrogens with zero attached hydrogens (tertiary/aromatic N) is 2. The van der Waals surface area contributed by atoms with Gasteiger partial charge in [-0.05, 0) is 69.1 Å². The first-order chi connectivity index (χ1) is 15.3. The Morgan fingerprint density at radius 1 is 0.969 bits per heavy atom. The van der Waals surface area contributed by atoms with E-state index in [4.69, 9.17) is 5.11 Å². The maximum absolute atomic E-state index is 13.8. The first-order valence-corrected chi connectivity index (χ1v) is 11.9. The van der Waals surface area contributed by atoms with Crippen molar-refractivity contribution in [2.45, 2.75) is 82.2 Å². The first kappa shape index (κ1) is 21.3. The molecule has 0 spiro atoms. The Kier molecular flexibility index (Phi) is 5.17. The van der Waals surface area contributed by atoms with Crippen molar-refractivity contribution in [1.29, 1.82) is 0 Å². The lowest BCUT2D eigenvalue weighted by molar-refractivity contribution is -0.135. The van der Waals surface area contributed by atoms with Crippen molar-refractivity contribution in [3.8, 4) is 5.88 Å².